The first-order chi connectivity index (χ1) is 14.4. The number of halogens is 3. The van der Waals surface area contributed by atoms with E-state index in [0.717, 1.165) is 49.6 Å². The molecular formula is C19H25ClF2N4O3S. The Bertz CT molecular complexity index is 802. The second kappa shape index (κ2) is 12.6. The van der Waals surface area contributed by atoms with Gasteiger partial charge in [0.15, 0.2) is 0 Å². The van der Waals surface area contributed by atoms with Gasteiger partial charge in [0.2, 0.25) is 5.88 Å². The molecule has 2 aromatic rings. The Hall–Kier alpha value is -2.01. The quantitative estimate of drug-likeness (QED) is 0.417. The molecule has 11 heteroatoms. The molecule has 0 spiro atoms. The van der Waals surface area contributed by atoms with Gasteiger partial charge in [0.05, 0.1) is 12.2 Å². The lowest BCUT2D eigenvalue weighted by Crippen LogP contribution is -2.31. The Morgan fingerprint density at radius 1 is 1.27 bits per heavy atom. The van der Waals surface area contributed by atoms with Crippen molar-refractivity contribution < 1.29 is 23.4 Å². The minimum atomic E-state index is -0.800. The number of nitrogens with one attached hydrogen (secondary N) is 2. The lowest BCUT2D eigenvalue weighted by atomic mass is 10.2. The van der Waals surface area contributed by atoms with Crippen molar-refractivity contribution in [2.75, 3.05) is 38.1 Å². The molecule has 0 aliphatic carbocycles. The van der Waals surface area contributed by atoms with Crippen LogP contribution in [0.15, 0.2) is 18.2 Å². The smallest absolute Gasteiger partial charge is 0.319 e. The number of aliphatic hydroxyl groups is 1. The van der Waals surface area contributed by atoms with Crippen LogP contribution >= 0.6 is 23.1 Å². The molecule has 3 N–H and O–H groups in total. The van der Waals surface area contributed by atoms with Gasteiger partial charge in [-0.15, -0.1) is 0 Å². The Kier molecular flexibility index (Phi) is 10.2. The number of aliphatic hydroxyl groups excluding tert-OH is 1. The number of carbonyl (C=O) groups is 1. The highest BCUT2D eigenvalue weighted by molar-refractivity contribution is 7.10. The van der Waals surface area contributed by atoms with E-state index >= 15 is 0 Å². The molecule has 1 heterocycles. The zero-order valence-electron chi connectivity index (χ0n) is 16.6. The van der Waals surface area contributed by atoms with Crippen LogP contribution in [0.3, 0.4) is 0 Å². The first-order valence-electron chi connectivity index (χ1n) is 9.54. The Labute approximate surface area is 183 Å². The molecule has 2 rings (SSSR count). The van der Waals surface area contributed by atoms with Crippen molar-refractivity contribution >= 4 is 34.2 Å². The summed E-state index contributed by atoms with van der Waals surface area (Å²) in [6.45, 7) is 4.73. The molecule has 0 radical (unpaired) electrons. The summed E-state index contributed by atoms with van der Waals surface area (Å²) >= 11 is 6.58. The van der Waals surface area contributed by atoms with Crippen LogP contribution in [0, 0.1) is 11.6 Å². The fourth-order valence-corrected chi connectivity index (χ4v) is 3.41. The van der Waals surface area contributed by atoms with Crippen LogP contribution in [0.4, 0.5) is 18.6 Å². The third-order valence-electron chi connectivity index (χ3n) is 4.25. The number of rotatable bonds is 12. The lowest BCUT2D eigenvalue weighted by molar-refractivity contribution is 0.199. The molecule has 0 fully saturated rings. The molecule has 7 nitrogen and oxygen atoms in total. The third kappa shape index (κ3) is 8.02. The molecular weight excluding hydrogens is 438 g/mol. The van der Waals surface area contributed by atoms with E-state index in [0.29, 0.717) is 18.1 Å². The highest BCUT2D eigenvalue weighted by Crippen LogP contribution is 2.24. The SMILES string of the molecule is CCN(CCO)CCCCNC(=O)Nc1cc(OCc2c(F)cc(Cl)cc2F)ns1. The number of anilines is 1. The normalized spacial score (nSPS) is 11.0. The standard InChI is InChI=1S/C19H25ClF2N4O3S/c1-2-26(7-8-27)6-4-3-5-23-19(28)24-18-11-17(25-30-18)29-12-14-15(21)9-13(20)10-16(14)22/h9-11,27H,2-8,12H2,1H3,(H2,23,24,28). The Balaban J connectivity index is 1.70. The number of aromatic nitrogens is 1. The number of likely N-dealkylation sites (N-methyl/N-ethyl adjacent to an activating group) is 1. The molecule has 0 atom stereocenters. The van der Waals surface area contributed by atoms with Gasteiger partial charge in [-0.05, 0) is 49.6 Å². The minimum absolute atomic E-state index is 0.0345. The molecule has 0 bridgehead atoms. The molecule has 0 unspecified atom stereocenters. The summed E-state index contributed by atoms with van der Waals surface area (Å²) in [5, 5.41) is 14.8. The topological polar surface area (TPSA) is 86.7 Å². The maximum atomic E-state index is 13.8. The van der Waals surface area contributed by atoms with E-state index in [-0.39, 0.29) is 35.7 Å². The predicted octanol–water partition coefficient (Wildman–Crippen LogP) is 3.87. The first kappa shape index (κ1) is 24.3. The van der Waals surface area contributed by atoms with Gasteiger partial charge in [-0.2, -0.15) is 4.37 Å². The van der Waals surface area contributed by atoms with E-state index < -0.39 is 11.6 Å². The number of nitrogens with zero attached hydrogens (tertiary/aromatic N) is 2. The van der Waals surface area contributed by atoms with Crippen LogP contribution in [-0.4, -0.2) is 53.2 Å². The maximum Gasteiger partial charge on any atom is 0.319 e. The second-order valence-corrected chi connectivity index (χ2v) is 7.65. The van der Waals surface area contributed by atoms with Crippen molar-refractivity contribution in [3.63, 3.8) is 0 Å². The molecule has 2 amide bonds. The van der Waals surface area contributed by atoms with Gasteiger partial charge < -0.3 is 20.1 Å². The molecule has 0 aliphatic rings. The fraction of sp³-hybridized carbons (Fsp3) is 0.474. The van der Waals surface area contributed by atoms with Gasteiger partial charge in [-0.3, -0.25) is 5.32 Å². The van der Waals surface area contributed by atoms with Crippen molar-refractivity contribution in [1.29, 1.82) is 0 Å². The summed E-state index contributed by atoms with van der Waals surface area (Å²) in [4.78, 5) is 14.1. The van der Waals surface area contributed by atoms with Crippen LogP contribution in [0.25, 0.3) is 0 Å². The van der Waals surface area contributed by atoms with E-state index in [1.807, 2.05) is 6.92 Å². The van der Waals surface area contributed by atoms with Crippen molar-refractivity contribution in [1.82, 2.24) is 14.6 Å². The van der Waals surface area contributed by atoms with Crippen LogP contribution in [-0.2, 0) is 6.61 Å². The number of amides is 2. The van der Waals surface area contributed by atoms with Crippen molar-refractivity contribution in [2.24, 2.45) is 0 Å². The number of carbonyl (C=O) groups excluding carboxylic acids is 1. The molecule has 0 aliphatic heterocycles. The van der Waals surface area contributed by atoms with Gasteiger partial charge in [-0.1, -0.05) is 18.5 Å². The second-order valence-electron chi connectivity index (χ2n) is 6.41. The number of benzene rings is 1. The predicted molar refractivity (Wildman–Crippen MR) is 113 cm³/mol. The van der Waals surface area contributed by atoms with Gasteiger partial charge in [0.1, 0.15) is 23.2 Å². The molecule has 1 aromatic heterocycles. The van der Waals surface area contributed by atoms with Crippen LogP contribution < -0.4 is 15.4 Å². The summed E-state index contributed by atoms with van der Waals surface area (Å²) in [7, 11) is 0. The third-order valence-corrected chi connectivity index (χ3v) is 5.15. The highest BCUT2D eigenvalue weighted by atomic mass is 35.5. The number of ether oxygens (including phenoxy) is 1. The van der Waals surface area contributed by atoms with Gasteiger partial charge in [0.25, 0.3) is 0 Å². The average molecular weight is 463 g/mol. The van der Waals surface area contributed by atoms with E-state index in [9.17, 15) is 13.6 Å². The summed E-state index contributed by atoms with van der Waals surface area (Å²) in [6, 6.07) is 3.12. The first-order valence-corrected chi connectivity index (χ1v) is 10.7. The Morgan fingerprint density at radius 2 is 2.00 bits per heavy atom. The molecule has 0 saturated heterocycles. The highest BCUT2D eigenvalue weighted by Gasteiger charge is 2.13. The largest absolute Gasteiger partial charge is 0.472 e. The van der Waals surface area contributed by atoms with Crippen molar-refractivity contribution in [2.45, 2.75) is 26.4 Å². The molecule has 1 aromatic carbocycles. The average Bonchev–Trinajstić information content (AvgIpc) is 3.13. The monoisotopic (exact) mass is 462 g/mol. The Morgan fingerprint density at radius 3 is 2.67 bits per heavy atom. The maximum absolute atomic E-state index is 13.8. The van der Waals surface area contributed by atoms with E-state index in [1.54, 1.807) is 0 Å². The summed E-state index contributed by atoms with van der Waals surface area (Å²) < 4.78 is 36.8. The van der Waals surface area contributed by atoms with Crippen molar-refractivity contribution in [3.8, 4) is 5.88 Å². The number of hydrogen-bond acceptors (Lipinski definition) is 6. The van der Waals surface area contributed by atoms with E-state index in [1.165, 1.54) is 6.07 Å². The summed E-state index contributed by atoms with van der Waals surface area (Å²) in [5.74, 6) is -1.45. The van der Waals surface area contributed by atoms with Crippen LogP contribution in [0.5, 0.6) is 5.88 Å². The van der Waals surface area contributed by atoms with Crippen molar-refractivity contribution in [3.05, 3.63) is 40.4 Å². The van der Waals surface area contributed by atoms with Crippen LogP contribution in [0.1, 0.15) is 25.3 Å². The van der Waals surface area contributed by atoms with E-state index in [4.69, 9.17) is 21.4 Å². The summed E-state index contributed by atoms with van der Waals surface area (Å²) in [5.41, 5.74) is -0.250. The van der Waals surface area contributed by atoms with Gasteiger partial charge in [-0.25, -0.2) is 13.6 Å². The molecule has 30 heavy (non-hydrogen) atoms. The summed E-state index contributed by atoms with van der Waals surface area (Å²) in [6.07, 6.45) is 1.72. The number of unbranched alkanes of at least 4 members (excludes halogenated alkanes) is 1. The minimum Gasteiger partial charge on any atom is -0.472 e. The fourth-order valence-electron chi connectivity index (χ4n) is 2.63. The number of urea groups is 1. The number of hydrogen-bond donors (Lipinski definition) is 3. The molecule has 0 saturated carbocycles. The zero-order chi connectivity index (χ0) is 21.9. The van der Waals surface area contributed by atoms with Gasteiger partial charge in [0, 0.05) is 24.2 Å². The van der Waals surface area contributed by atoms with Crippen LogP contribution in [0.2, 0.25) is 5.02 Å². The zero-order valence-corrected chi connectivity index (χ0v) is 18.2. The van der Waals surface area contributed by atoms with Gasteiger partial charge >= 0.3 is 6.03 Å². The molecule has 166 valence electrons. The lowest BCUT2D eigenvalue weighted by Gasteiger charge is -2.18. The van der Waals surface area contributed by atoms with E-state index in [2.05, 4.69) is 19.9 Å².